The lowest BCUT2D eigenvalue weighted by Crippen LogP contribution is -2.38. The first kappa shape index (κ1) is 14.5. The molecule has 0 heterocycles. The van der Waals surface area contributed by atoms with Gasteiger partial charge in [-0.05, 0) is 45.7 Å². The van der Waals surface area contributed by atoms with Gasteiger partial charge >= 0.3 is 0 Å². The number of carbonyl (C=O) groups excluding carboxylic acids is 1. The number of rotatable bonds is 6. The Morgan fingerprint density at radius 2 is 2.05 bits per heavy atom. The van der Waals surface area contributed by atoms with Crippen LogP contribution in [-0.2, 0) is 4.79 Å². The molecule has 0 radical (unpaired) electrons. The maximum absolute atomic E-state index is 11.9. The van der Waals surface area contributed by atoms with Gasteiger partial charge in [-0.1, -0.05) is 6.07 Å². The molecule has 1 atom stereocenters. The van der Waals surface area contributed by atoms with Gasteiger partial charge in [0.05, 0.1) is 17.5 Å². The van der Waals surface area contributed by atoms with E-state index in [0.717, 1.165) is 18.5 Å². The van der Waals surface area contributed by atoms with Gasteiger partial charge in [0.15, 0.2) is 0 Å². The molecule has 110 valence electrons. The van der Waals surface area contributed by atoms with Crippen molar-refractivity contribution in [3.63, 3.8) is 0 Å². The molecule has 1 amide bonds. The first-order valence-electron chi connectivity index (χ1n) is 7.09. The molecule has 0 saturated heterocycles. The van der Waals surface area contributed by atoms with E-state index in [1.165, 1.54) is 0 Å². The summed E-state index contributed by atoms with van der Waals surface area (Å²) < 4.78 is 5.64. The highest BCUT2D eigenvalue weighted by atomic mass is 16.5. The Balaban J connectivity index is 2.02. The number of nitrogen functional groups attached to an aromatic ring is 1. The Kier molecular flexibility index (Phi) is 4.37. The summed E-state index contributed by atoms with van der Waals surface area (Å²) >= 11 is 0. The highest BCUT2D eigenvalue weighted by Gasteiger charge is 2.25. The van der Waals surface area contributed by atoms with Crippen LogP contribution in [0.15, 0.2) is 18.2 Å². The summed E-state index contributed by atoms with van der Waals surface area (Å²) in [6, 6.07) is 5.58. The second-order valence-corrected chi connectivity index (χ2v) is 5.53. The number of nitrogens with two attached hydrogens (primary N) is 1. The zero-order valence-electron chi connectivity index (χ0n) is 12.3. The van der Waals surface area contributed by atoms with Crippen molar-refractivity contribution < 1.29 is 9.53 Å². The number of carbonyl (C=O) groups is 1. The lowest BCUT2D eigenvalue weighted by atomic mass is 10.2. The Morgan fingerprint density at radius 3 is 2.65 bits per heavy atom. The second-order valence-electron chi connectivity index (χ2n) is 5.53. The van der Waals surface area contributed by atoms with Crippen molar-refractivity contribution in [3.8, 4) is 5.75 Å². The Bertz CT molecular complexity index is 484. The highest BCUT2D eigenvalue weighted by molar-refractivity contribution is 5.86. The zero-order chi connectivity index (χ0) is 14.7. The number of nitrogens with one attached hydrogen (secondary N) is 2. The van der Waals surface area contributed by atoms with Gasteiger partial charge in [-0.25, -0.2) is 0 Å². The minimum absolute atomic E-state index is 0.00193. The standard InChI is InChI=1S/C15H23N3O2/c1-9(2)20-13-6-4-5-12(14(13)16)17-10(3)15(19)18-11-7-8-11/h4-6,9-11,17H,7-8,16H2,1-3H3,(H,18,19). The van der Waals surface area contributed by atoms with Crippen molar-refractivity contribution in [1.82, 2.24) is 5.32 Å². The number of amides is 1. The van der Waals surface area contributed by atoms with Crippen LogP contribution in [0.3, 0.4) is 0 Å². The topological polar surface area (TPSA) is 76.4 Å². The number of ether oxygens (including phenoxy) is 1. The molecule has 0 aliphatic heterocycles. The fraction of sp³-hybridized carbons (Fsp3) is 0.533. The van der Waals surface area contributed by atoms with Gasteiger partial charge in [-0.3, -0.25) is 4.79 Å². The average molecular weight is 277 g/mol. The molecule has 1 aromatic rings. The van der Waals surface area contributed by atoms with Crippen molar-refractivity contribution >= 4 is 17.3 Å². The van der Waals surface area contributed by atoms with E-state index in [9.17, 15) is 4.79 Å². The smallest absolute Gasteiger partial charge is 0.242 e. The van der Waals surface area contributed by atoms with Crippen molar-refractivity contribution in [2.45, 2.75) is 51.8 Å². The van der Waals surface area contributed by atoms with Crippen LogP contribution in [0, 0.1) is 0 Å². The molecule has 0 aromatic heterocycles. The van der Waals surface area contributed by atoms with Crippen LogP contribution in [0.5, 0.6) is 5.75 Å². The van der Waals surface area contributed by atoms with Gasteiger partial charge in [0.2, 0.25) is 5.91 Å². The van der Waals surface area contributed by atoms with Gasteiger partial charge in [0.25, 0.3) is 0 Å². The molecule has 1 fully saturated rings. The van der Waals surface area contributed by atoms with E-state index in [0.29, 0.717) is 17.5 Å². The summed E-state index contributed by atoms with van der Waals surface area (Å²) in [4.78, 5) is 11.9. The number of hydrogen-bond donors (Lipinski definition) is 3. The number of benzene rings is 1. The van der Waals surface area contributed by atoms with Crippen LogP contribution in [-0.4, -0.2) is 24.1 Å². The second kappa shape index (κ2) is 6.03. The molecule has 1 saturated carbocycles. The fourth-order valence-corrected chi connectivity index (χ4v) is 1.88. The Hall–Kier alpha value is -1.91. The largest absolute Gasteiger partial charge is 0.489 e. The molecule has 5 heteroatoms. The quantitative estimate of drug-likeness (QED) is 0.696. The molecule has 0 spiro atoms. The molecule has 5 nitrogen and oxygen atoms in total. The van der Waals surface area contributed by atoms with E-state index >= 15 is 0 Å². The Morgan fingerprint density at radius 1 is 1.35 bits per heavy atom. The van der Waals surface area contributed by atoms with Crippen molar-refractivity contribution in [3.05, 3.63) is 18.2 Å². The molecule has 1 aromatic carbocycles. The van der Waals surface area contributed by atoms with Gasteiger partial charge < -0.3 is 21.1 Å². The van der Waals surface area contributed by atoms with Gasteiger partial charge in [0.1, 0.15) is 11.8 Å². The predicted octanol–water partition coefficient (Wildman–Crippen LogP) is 2.13. The highest BCUT2D eigenvalue weighted by Crippen LogP contribution is 2.30. The van der Waals surface area contributed by atoms with Crippen LogP contribution in [0.1, 0.15) is 33.6 Å². The molecule has 4 N–H and O–H groups in total. The van der Waals surface area contributed by atoms with E-state index in [4.69, 9.17) is 10.5 Å². The van der Waals surface area contributed by atoms with Crippen LogP contribution in [0.25, 0.3) is 0 Å². The van der Waals surface area contributed by atoms with E-state index in [1.54, 1.807) is 0 Å². The van der Waals surface area contributed by atoms with Crippen LogP contribution >= 0.6 is 0 Å². The first-order valence-corrected chi connectivity index (χ1v) is 7.09. The SMILES string of the molecule is CC(C)Oc1cccc(NC(C)C(=O)NC2CC2)c1N. The summed E-state index contributed by atoms with van der Waals surface area (Å²) in [7, 11) is 0. The summed E-state index contributed by atoms with van der Waals surface area (Å²) in [5.74, 6) is 0.641. The predicted molar refractivity (Wildman–Crippen MR) is 80.9 cm³/mol. The minimum atomic E-state index is -0.327. The van der Waals surface area contributed by atoms with Crippen LogP contribution in [0.4, 0.5) is 11.4 Å². The lowest BCUT2D eigenvalue weighted by molar-refractivity contribution is -0.121. The maximum Gasteiger partial charge on any atom is 0.242 e. The molecule has 0 bridgehead atoms. The third-order valence-corrected chi connectivity index (χ3v) is 3.12. The van der Waals surface area contributed by atoms with Crippen LogP contribution < -0.4 is 21.1 Å². The average Bonchev–Trinajstić information content (AvgIpc) is 3.17. The first-order chi connectivity index (χ1) is 9.47. The fourth-order valence-electron chi connectivity index (χ4n) is 1.88. The summed E-state index contributed by atoms with van der Waals surface area (Å²) in [6.45, 7) is 5.73. The van der Waals surface area contributed by atoms with Gasteiger partial charge in [-0.15, -0.1) is 0 Å². The zero-order valence-corrected chi connectivity index (χ0v) is 12.3. The minimum Gasteiger partial charge on any atom is -0.489 e. The molecular weight excluding hydrogens is 254 g/mol. The summed E-state index contributed by atoms with van der Waals surface area (Å²) in [5, 5.41) is 6.11. The third kappa shape index (κ3) is 3.79. The molecule has 2 rings (SSSR count). The molecular formula is C15H23N3O2. The monoisotopic (exact) mass is 277 g/mol. The maximum atomic E-state index is 11.9. The van der Waals surface area contributed by atoms with Crippen molar-refractivity contribution in [2.24, 2.45) is 0 Å². The third-order valence-electron chi connectivity index (χ3n) is 3.12. The molecule has 20 heavy (non-hydrogen) atoms. The normalized spacial score (nSPS) is 15.8. The number of anilines is 2. The van der Waals surface area contributed by atoms with Crippen LogP contribution in [0.2, 0.25) is 0 Å². The number of hydrogen-bond acceptors (Lipinski definition) is 4. The summed E-state index contributed by atoms with van der Waals surface area (Å²) in [6.07, 6.45) is 2.22. The van der Waals surface area contributed by atoms with Crippen molar-refractivity contribution in [1.29, 1.82) is 0 Å². The lowest BCUT2D eigenvalue weighted by Gasteiger charge is -2.19. The molecule has 1 aliphatic carbocycles. The van der Waals surface area contributed by atoms with Gasteiger partial charge in [-0.2, -0.15) is 0 Å². The Labute approximate surface area is 119 Å². The summed E-state index contributed by atoms with van der Waals surface area (Å²) in [5.41, 5.74) is 7.33. The van der Waals surface area contributed by atoms with Gasteiger partial charge in [0, 0.05) is 6.04 Å². The van der Waals surface area contributed by atoms with E-state index < -0.39 is 0 Å². The van der Waals surface area contributed by atoms with E-state index in [-0.39, 0.29) is 18.1 Å². The number of para-hydroxylation sites is 1. The van der Waals surface area contributed by atoms with E-state index in [1.807, 2.05) is 39.0 Å². The molecule has 1 unspecified atom stereocenters. The van der Waals surface area contributed by atoms with E-state index in [2.05, 4.69) is 10.6 Å². The van der Waals surface area contributed by atoms with Crippen molar-refractivity contribution in [2.75, 3.05) is 11.1 Å². The molecule has 1 aliphatic rings.